The molecule has 4 heteroatoms. The number of para-hydroxylation sites is 1. The van der Waals surface area contributed by atoms with E-state index in [9.17, 15) is 0 Å². The van der Waals surface area contributed by atoms with Crippen molar-refractivity contribution < 1.29 is 4.74 Å². The Morgan fingerprint density at radius 2 is 2.00 bits per heavy atom. The van der Waals surface area contributed by atoms with Gasteiger partial charge in [-0.15, -0.1) is 0 Å². The van der Waals surface area contributed by atoms with E-state index >= 15 is 0 Å². The molecule has 0 bridgehead atoms. The summed E-state index contributed by atoms with van der Waals surface area (Å²) < 4.78 is 5.77. The monoisotopic (exact) mass is 273 g/mol. The summed E-state index contributed by atoms with van der Waals surface area (Å²) in [5.74, 6) is 5.69. The number of benzene rings is 1. The van der Waals surface area contributed by atoms with Crippen LogP contribution in [0.5, 0.6) is 0 Å². The topological polar surface area (TPSA) is 60.2 Å². The molecule has 2 rings (SSSR count). The molecule has 1 aromatic carbocycles. The molecule has 4 nitrogen and oxygen atoms in total. The number of aromatic nitrogens is 1. The molecule has 108 valence electrons. The molecule has 3 N–H and O–H groups in total. The smallest absolute Gasteiger partial charge is 0.0795 e. The molecule has 1 aromatic heterocycles. The molecule has 0 aliphatic heterocycles. The molecule has 0 aliphatic rings. The highest BCUT2D eigenvalue weighted by Crippen LogP contribution is 2.19. The van der Waals surface area contributed by atoms with Crippen molar-refractivity contribution in [2.24, 2.45) is 5.84 Å². The number of nitrogens with one attached hydrogen (secondary N) is 1. The molecule has 2 aromatic rings. The van der Waals surface area contributed by atoms with E-state index in [1.165, 1.54) is 0 Å². The summed E-state index contributed by atoms with van der Waals surface area (Å²) in [6, 6.07) is 12.3. The lowest BCUT2D eigenvalue weighted by molar-refractivity contribution is -0.0382. The molecular weight excluding hydrogens is 250 g/mol. The van der Waals surface area contributed by atoms with Gasteiger partial charge in [-0.2, -0.15) is 0 Å². The first kappa shape index (κ1) is 14.9. The molecule has 1 atom stereocenters. The van der Waals surface area contributed by atoms with Gasteiger partial charge in [-0.3, -0.25) is 16.3 Å². The summed E-state index contributed by atoms with van der Waals surface area (Å²) in [5.41, 5.74) is 4.54. The Hall–Kier alpha value is -1.49. The number of hydrogen-bond acceptors (Lipinski definition) is 4. The largest absolute Gasteiger partial charge is 0.374 e. The highest BCUT2D eigenvalue weighted by Gasteiger charge is 2.29. The Labute approximate surface area is 120 Å². The van der Waals surface area contributed by atoms with E-state index in [0.717, 1.165) is 23.0 Å². The predicted molar refractivity (Wildman–Crippen MR) is 82.3 cm³/mol. The van der Waals surface area contributed by atoms with E-state index in [0.29, 0.717) is 6.61 Å². The van der Waals surface area contributed by atoms with Gasteiger partial charge in [0.15, 0.2) is 0 Å². The molecule has 20 heavy (non-hydrogen) atoms. The number of nitrogens with two attached hydrogens (primary N) is 1. The van der Waals surface area contributed by atoms with Gasteiger partial charge < -0.3 is 4.74 Å². The van der Waals surface area contributed by atoms with Gasteiger partial charge in [-0.25, -0.2) is 0 Å². The fourth-order valence-corrected chi connectivity index (χ4v) is 2.41. The molecule has 0 saturated heterocycles. The Morgan fingerprint density at radius 3 is 2.70 bits per heavy atom. The maximum Gasteiger partial charge on any atom is 0.0795 e. The lowest BCUT2D eigenvalue weighted by Crippen LogP contribution is -2.52. The van der Waals surface area contributed by atoms with Gasteiger partial charge in [0, 0.05) is 24.1 Å². The van der Waals surface area contributed by atoms with Crippen LogP contribution < -0.4 is 11.3 Å². The van der Waals surface area contributed by atoms with Crippen molar-refractivity contribution in [2.45, 2.75) is 38.8 Å². The van der Waals surface area contributed by atoms with Gasteiger partial charge in [0.2, 0.25) is 0 Å². The number of nitrogens with zero attached hydrogens (tertiary/aromatic N) is 1. The number of ether oxygens (including phenoxy) is 1. The maximum atomic E-state index is 5.77. The maximum absolute atomic E-state index is 5.77. The molecule has 0 radical (unpaired) electrons. The van der Waals surface area contributed by atoms with Gasteiger partial charge >= 0.3 is 0 Å². The van der Waals surface area contributed by atoms with E-state index in [2.05, 4.69) is 28.6 Å². The molecule has 0 saturated carbocycles. The van der Waals surface area contributed by atoms with Crippen LogP contribution in [0.2, 0.25) is 0 Å². The Balaban J connectivity index is 2.21. The molecule has 0 aliphatic carbocycles. The van der Waals surface area contributed by atoms with Gasteiger partial charge in [0.05, 0.1) is 17.2 Å². The third-order valence-electron chi connectivity index (χ3n) is 3.63. The Morgan fingerprint density at radius 1 is 1.25 bits per heavy atom. The van der Waals surface area contributed by atoms with E-state index in [4.69, 9.17) is 10.6 Å². The Kier molecular flexibility index (Phi) is 4.70. The van der Waals surface area contributed by atoms with Crippen LogP contribution in [-0.2, 0) is 11.2 Å². The zero-order valence-corrected chi connectivity index (χ0v) is 12.4. The van der Waals surface area contributed by atoms with Crippen molar-refractivity contribution >= 4 is 10.9 Å². The van der Waals surface area contributed by atoms with Crippen molar-refractivity contribution in [3.8, 4) is 0 Å². The third kappa shape index (κ3) is 3.33. The number of fused-ring (bicyclic) bond motifs is 1. The molecule has 0 spiro atoms. The van der Waals surface area contributed by atoms with Gasteiger partial charge in [-0.05, 0) is 32.9 Å². The molecule has 0 fully saturated rings. The molecule has 0 amide bonds. The van der Waals surface area contributed by atoms with Crippen LogP contribution in [-0.4, -0.2) is 23.2 Å². The van der Waals surface area contributed by atoms with Crippen molar-refractivity contribution in [1.82, 2.24) is 10.4 Å². The normalized spacial score (nSPS) is 13.6. The minimum absolute atomic E-state index is 0.0103. The van der Waals surface area contributed by atoms with Crippen LogP contribution in [0.25, 0.3) is 10.9 Å². The van der Waals surface area contributed by atoms with Crippen LogP contribution in [0.15, 0.2) is 36.4 Å². The minimum atomic E-state index is -0.336. The Bertz CT molecular complexity index is 568. The summed E-state index contributed by atoms with van der Waals surface area (Å²) in [6.45, 7) is 6.74. The van der Waals surface area contributed by atoms with E-state index in [1.807, 2.05) is 39.0 Å². The second kappa shape index (κ2) is 6.31. The zero-order valence-electron chi connectivity index (χ0n) is 12.4. The quantitative estimate of drug-likeness (QED) is 0.627. The first-order chi connectivity index (χ1) is 9.56. The van der Waals surface area contributed by atoms with E-state index in [-0.39, 0.29) is 11.6 Å². The minimum Gasteiger partial charge on any atom is -0.374 e. The summed E-state index contributed by atoms with van der Waals surface area (Å²) >= 11 is 0. The van der Waals surface area contributed by atoms with Crippen molar-refractivity contribution in [2.75, 3.05) is 6.61 Å². The number of rotatable bonds is 6. The number of hydrogen-bond donors (Lipinski definition) is 2. The fourth-order valence-electron chi connectivity index (χ4n) is 2.41. The lowest BCUT2D eigenvalue weighted by Gasteiger charge is -2.33. The fraction of sp³-hybridized carbons (Fsp3) is 0.438. The summed E-state index contributed by atoms with van der Waals surface area (Å²) in [5, 5.41) is 1.15. The van der Waals surface area contributed by atoms with Crippen molar-refractivity contribution in [3.05, 3.63) is 42.1 Å². The van der Waals surface area contributed by atoms with Crippen molar-refractivity contribution in [3.63, 3.8) is 0 Å². The average Bonchev–Trinajstić information content (AvgIpc) is 2.44. The summed E-state index contributed by atoms with van der Waals surface area (Å²) in [6.07, 6.45) is 0.730. The lowest BCUT2D eigenvalue weighted by atomic mass is 9.94. The van der Waals surface area contributed by atoms with Crippen LogP contribution in [0, 0.1) is 0 Å². The SMILES string of the molecule is CCOC(C)(C)C(Cc1ccc2ccccc2n1)NN. The van der Waals surface area contributed by atoms with Gasteiger partial charge in [0.1, 0.15) is 0 Å². The van der Waals surface area contributed by atoms with E-state index in [1.54, 1.807) is 0 Å². The standard InChI is InChI=1S/C16H23N3O/c1-4-20-16(2,3)15(19-17)11-13-10-9-12-7-5-6-8-14(12)18-13/h5-10,15,19H,4,11,17H2,1-3H3. The van der Waals surface area contributed by atoms with Crippen LogP contribution >= 0.6 is 0 Å². The predicted octanol–water partition coefficient (Wildman–Crippen LogP) is 2.42. The highest BCUT2D eigenvalue weighted by atomic mass is 16.5. The zero-order chi connectivity index (χ0) is 14.6. The van der Waals surface area contributed by atoms with E-state index < -0.39 is 0 Å². The van der Waals surface area contributed by atoms with Crippen LogP contribution in [0.1, 0.15) is 26.5 Å². The first-order valence-electron chi connectivity index (χ1n) is 7.01. The average molecular weight is 273 g/mol. The first-order valence-corrected chi connectivity index (χ1v) is 7.01. The number of pyridine rings is 1. The molecule has 1 heterocycles. The summed E-state index contributed by atoms with van der Waals surface area (Å²) in [7, 11) is 0. The number of hydrazine groups is 1. The second-order valence-electron chi connectivity index (χ2n) is 5.46. The molecular formula is C16H23N3O. The van der Waals surface area contributed by atoms with Gasteiger partial charge in [-0.1, -0.05) is 24.3 Å². The van der Waals surface area contributed by atoms with Gasteiger partial charge in [0.25, 0.3) is 0 Å². The molecule has 1 unspecified atom stereocenters. The highest BCUT2D eigenvalue weighted by molar-refractivity contribution is 5.78. The summed E-state index contributed by atoms with van der Waals surface area (Å²) in [4.78, 5) is 4.69. The third-order valence-corrected chi connectivity index (χ3v) is 3.63. The van der Waals surface area contributed by atoms with Crippen LogP contribution in [0.3, 0.4) is 0 Å². The van der Waals surface area contributed by atoms with Crippen LogP contribution in [0.4, 0.5) is 0 Å². The van der Waals surface area contributed by atoms with Crippen molar-refractivity contribution in [1.29, 1.82) is 0 Å². The second-order valence-corrected chi connectivity index (χ2v) is 5.46.